The first-order chi connectivity index (χ1) is 8.06. The minimum atomic E-state index is -0.0270. The first-order valence-corrected chi connectivity index (χ1v) is 5.82. The van der Waals surface area contributed by atoms with Crippen molar-refractivity contribution in [2.75, 3.05) is 13.6 Å². The Bertz CT molecular complexity index is 369. The molecule has 0 saturated heterocycles. The number of hydrogen-bond donors (Lipinski definition) is 1. The van der Waals surface area contributed by atoms with Crippen molar-refractivity contribution in [1.82, 2.24) is 9.88 Å². The summed E-state index contributed by atoms with van der Waals surface area (Å²) in [5.74, 6) is -0.00929. The zero-order valence-corrected chi connectivity index (χ0v) is 10.7. The predicted octanol–water partition coefficient (Wildman–Crippen LogP) is 1.56. The van der Waals surface area contributed by atoms with Gasteiger partial charge >= 0.3 is 0 Å². The Labute approximate surface area is 103 Å². The van der Waals surface area contributed by atoms with Gasteiger partial charge in [-0.05, 0) is 33.0 Å². The zero-order valence-electron chi connectivity index (χ0n) is 10.7. The second kappa shape index (κ2) is 6.33. The fraction of sp³-hybridized carbons (Fsp3) is 0.538. The number of rotatable bonds is 5. The van der Waals surface area contributed by atoms with E-state index in [1.807, 2.05) is 39.1 Å². The van der Waals surface area contributed by atoms with Gasteiger partial charge in [-0.2, -0.15) is 5.26 Å². The van der Waals surface area contributed by atoms with Gasteiger partial charge < -0.3 is 5.73 Å². The molecule has 1 aromatic rings. The van der Waals surface area contributed by atoms with Crippen molar-refractivity contribution in [3.8, 4) is 6.07 Å². The lowest BCUT2D eigenvalue weighted by Gasteiger charge is -2.31. The van der Waals surface area contributed by atoms with E-state index in [1.54, 1.807) is 6.20 Å². The van der Waals surface area contributed by atoms with E-state index in [2.05, 4.69) is 16.0 Å². The lowest BCUT2D eigenvalue weighted by atomic mass is 10.0. The molecule has 17 heavy (non-hydrogen) atoms. The molecule has 0 aliphatic heterocycles. The van der Waals surface area contributed by atoms with Crippen LogP contribution in [0.15, 0.2) is 24.4 Å². The molecular formula is C13H20N4. The molecule has 1 aromatic heterocycles. The summed E-state index contributed by atoms with van der Waals surface area (Å²) >= 11 is 0. The van der Waals surface area contributed by atoms with Crippen molar-refractivity contribution in [3.63, 3.8) is 0 Å². The average Bonchev–Trinajstić information content (AvgIpc) is 2.29. The van der Waals surface area contributed by atoms with Crippen LogP contribution in [0, 0.1) is 17.2 Å². The highest BCUT2D eigenvalue weighted by Crippen LogP contribution is 2.20. The van der Waals surface area contributed by atoms with E-state index >= 15 is 0 Å². The summed E-state index contributed by atoms with van der Waals surface area (Å²) in [6.45, 7) is 4.57. The van der Waals surface area contributed by atoms with Crippen LogP contribution in [-0.2, 0) is 0 Å². The van der Waals surface area contributed by atoms with Crippen LogP contribution in [0.25, 0.3) is 0 Å². The van der Waals surface area contributed by atoms with Crippen molar-refractivity contribution in [2.24, 2.45) is 11.7 Å². The Morgan fingerprint density at radius 2 is 2.18 bits per heavy atom. The number of nitrogens with zero attached hydrogens (tertiary/aromatic N) is 3. The van der Waals surface area contributed by atoms with E-state index in [-0.39, 0.29) is 18.0 Å². The molecular weight excluding hydrogens is 212 g/mol. The first kappa shape index (κ1) is 13.6. The summed E-state index contributed by atoms with van der Waals surface area (Å²) in [6, 6.07) is 8.08. The number of aromatic nitrogens is 1. The zero-order chi connectivity index (χ0) is 12.8. The Hall–Kier alpha value is -1.44. The van der Waals surface area contributed by atoms with E-state index in [1.165, 1.54) is 0 Å². The third kappa shape index (κ3) is 3.81. The molecule has 0 aliphatic carbocycles. The van der Waals surface area contributed by atoms with Crippen molar-refractivity contribution in [1.29, 1.82) is 5.26 Å². The minimum absolute atomic E-state index is 0.00929. The van der Waals surface area contributed by atoms with E-state index in [9.17, 15) is 0 Å². The van der Waals surface area contributed by atoms with E-state index in [0.717, 1.165) is 5.69 Å². The summed E-state index contributed by atoms with van der Waals surface area (Å²) in [7, 11) is 1.98. The van der Waals surface area contributed by atoms with Gasteiger partial charge in [0.25, 0.3) is 0 Å². The van der Waals surface area contributed by atoms with Gasteiger partial charge in [-0.15, -0.1) is 0 Å². The van der Waals surface area contributed by atoms with Gasteiger partial charge in [0.2, 0.25) is 0 Å². The van der Waals surface area contributed by atoms with Crippen LogP contribution < -0.4 is 5.73 Å². The highest BCUT2D eigenvalue weighted by molar-refractivity contribution is 5.11. The fourth-order valence-electron chi connectivity index (χ4n) is 2.03. The fourth-order valence-corrected chi connectivity index (χ4v) is 2.03. The number of nitriles is 1. The molecule has 3 unspecified atom stereocenters. The molecule has 1 heterocycles. The highest BCUT2D eigenvalue weighted by atomic mass is 15.2. The number of likely N-dealkylation sites (N-methyl/N-ethyl adjacent to an activating group) is 1. The van der Waals surface area contributed by atoms with Gasteiger partial charge in [-0.25, -0.2) is 0 Å². The van der Waals surface area contributed by atoms with E-state index in [4.69, 9.17) is 11.0 Å². The summed E-state index contributed by atoms with van der Waals surface area (Å²) in [5.41, 5.74) is 6.98. The normalized spacial score (nSPS) is 16.2. The van der Waals surface area contributed by atoms with Crippen molar-refractivity contribution in [3.05, 3.63) is 30.1 Å². The maximum absolute atomic E-state index is 8.85. The molecule has 3 atom stereocenters. The summed E-state index contributed by atoms with van der Waals surface area (Å²) in [6.07, 6.45) is 1.77. The smallest absolute Gasteiger partial charge is 0.0668 e. The van der Waals surface area contributed by atoms with Crippen LogP contribution in [0.3, 0.4) is 0 Å². The molecule has 0 aliphatic rings. The van der Waals surface area contributed by atoms with Crippen LogP contribution >= 0.6 is 0 Å². The third-order valence-corrected chi connectivity index (χ3v) is 2.75. The van der Waals surface area contributed by atoms with Crippen LogP contribution in [0.4, 0.5) is 0 Å². The number of nitrogens with two attached hydrogens (primary N) is 1. The minimum Gasteiger partial charge on any atom is -0.326 e. The van der Waals surface area contributed by atoms with Crippen molar-refractivity contribution in [2.45, 2.75) is 25.9 Å². The molecule has 1 rings (SSSR count). The van der Waals surface area contributed by atoms with Crippen molar-refractivity contribution >= 4 is 0 Å². The maximum atomic E-state index is 8.85. The van der Waals surface area contributed by atoms with Gasteiger partial charge in [0, 0.05) is 18.8 Å². The number of pyridine rings is 1. The Kier molecular flexibility index (Phi) is 5.08. The van der Waals surface area contributed by atoms with Gasteiger partial charge in [0.15, 0.2) is 0 Å². The summed E-state index contributed by atoms with van der Waals surface area (Å²) in [5, 5.41) is 8.85. The first-order valence-electron chi connectivity index (χ1n) is 5.82. The quantitative estimate of drug-likeness (QED) is 0.836. The van der Waals surface area contributed by atoms with Crippen LogP contribution in [0.2, 0.25) is 0 Å². The molecule has 0 fully saturated rings. The molecule has 2 N–H and O–H groups in total. The standard InChI is InChI=1S/C13H20N4/c1-10(8-14)9-17(3)13(11(2)15)12-6-4-5-7-16-12/h4-7,10-11,13H,9,15H2,1-3H3. The maximum Gasteiger partial charge on any atom is 0.0668 e. The lowest BCUT2D eigenvalue weighted by molar-refractivity contribution is 0.201. The van der Waals surface area contributed by atoms with Crippen molar-refractivity contribution < 1.29 is 0 Å². The average molecular weight is 232 g/mol. The Morgan fingerprint density at radius 1 is 1.47 bits per heavy atom. The molecule has 0 bridgehead atoms. The van der Waals surface area contributed by atoms with Gasteiger partial charge in [0.05, 0.1) is 23.7 Å². The molecule has 0 radical (unpaired) electrons. The topological polar surface area (TPSA) is 65.9 Å². The summed E-state index contributed by atoms with van der Waals surface area (Å²) in [4.78, 5) is 6.45. The predicted molar refractivity (Wildman–Crippen MR) is 68.0 cm³/mol. The largest absolute Gasteiger partial charge is 0.326 e. The molecule has 4 nitrogen and oxygen atoms in total. The molecule has 4 heteroatoms. The van der Waals surface area contributed by atoms with Crippen LogP contribution in [0.1, 0.15) is 25.6 Å². The molecule has 0 saturated carbocycles. The second-order valence-corrected chi connectivity index (χ2v) is 4.53. The van der Waals surface area contributed by atoms with E-state index in [0.29, 0.717) is 6.54 Å². The molecule has 0 spiro atoms. The highest BCUT2D eigenvalue weighted by Gasteiger charge is 2.23. The molecule has 92 valence electrons. The Morgan fingerprint density at radius 3 is 2.65 bits per heavy atom. The monoisotopic (exact) mass is 232 g/mol. The summed E-state index contributed by atoms with van der Waals surface area (Å²) < 4.78 is 0. The molecule has 0 amide bonds. The van der Waals surface area contributed by atoms with Gasteiger partial charge in [-0.3, -0.25) is 9.88 Å². The van der Waals surface area contributed by atoms with Crippen LogP contribution in [-0.4, -0.2) is 29.5 Å². The molecule has 0 aromatic carbocycles. The van der Waals surface area contributed by atoms with Gasteiger partial charge in [0.1, 0.15) is 0 Å². The van der Waals surface area contributed by atoms with Crippen LogP contribution in [0.5, 0.6) is 0 Å². The lowest BCUT2D eigenvalue weighted by Crippen LogP contribution is -2.39. The number of hydrogen-bond acceptors (Lipinski definition) is 4. The Balaban J connectivity index is 2.84. The third-order valence-electron chi connectivity index (χ3n) is 2.75. The van der Waals surface area contributed by atoms with Gasteiger partial charge in [-0.1, -0.05) is 6.07 Å². The second-order valence-electron chi connectivity index (χ2n) is 4.53. The SMILES string of the molecule is CC(C#N)CN(C)C(c1ccccn1)C(C)N. The van der Waals surface area contributed by atoms with E-state index < -0.39 is 0 Å².